The third-order valence-electron chi connectivity index (χ3n) is 4.55. The van der Waals surface area contributed by atoms with E-state index in [1.54, 1.807) is 7.11 Å². The van der Waals surface area contributed by atoms with Crippen molar-refractivity contribution in [3.05, 3.63) is 29.8 Å². The molecule has 0 saturated carbocycles. The highest BCUT2D eigenvalue weighted by Crippen LogP contribution is 2.27. The number of methoxy groups -OCH3 is 1. The number of carbonyl (C=O) groups excluding carboxylic acids is 1. The van der Waals surface area contributed by atoms with E-state index in [0.717, 1.165) is 49.8 Å². The number of ether oxygens (including phenoxy) is 1. The Kier molecular flexibility index (Phi) is 3.92. The molecule has 1 amide bonds. The first-order valence-electron chi connectivity index (χ1n) is 7.37. The highest BCUT2D eigenvalue weighted by molar-refractivity contribution is 5.79. The molecule has 2 heterocycles. The van der Waals surface area contributed by atoms with E-state index in [1.807, 2.05) is 29.2 Å². The third-order valence-corrected chi connectivity index (χ3v) is 4.55. The number of hydrogen-bond donors (Lipinski definition) is 1. The van der Waals surface area contributed by atoms with Crippen LogP contribution in [-0.4, -0.2) is 44.1 Å². The van der Waals surface area contributed by atoms with Crippen LogP contribution in [0.25, 0.3) is 0 Å². The summed E-state index contributed by atoms with van der Waals surface area (Å²) in [4.78, 5) is 14.5. The quantitative estimate of drug-likeness (QED) is 0.903. The highest BCUT2D eigenvalue weighted by atomic mass is 16.5. The van der Waals surface area contributed by atoms with E-state index in [0.29, 0.717) is 12.3 Å². The van der Waals surface area contributed by atoms with Crippen molar-refractivity contribution in [2.24, 2.45) is 11.8 Å². The Morgan fingerprint density at radius 2 is 2.25 bits per heavy atom. The van der Waals surface area contributed by atoms with E-state index in [4.69, 9.17) is 4.74 Å². The molecule has 108 valence electrons. The Morgan fingerprint density at radius 1 is 1.40 bits per heavy atom. The summed E-state index contributed by atoms with van der Waals surface area (Å²) in [7, 11) is 1.65. The van der Waals surface area contributed by atoms with Crippen LogP contribution < -0.4 is 10.1 Å². The van der Waals surface area contributed by atoms with Crippen molar-refractivity contribution < 1.29 is 9.53 Å². The summed E-state index contributed by atoms with van der Waals surface area (Å²) in [6.45, 7) is 4.02. The third kappa shape index (κ3) is 2.80. The van der Waals surface area contributed by atoms with Crippen LogP contribution in [0, 0.1) is 11.8 Å². The zero-order valence-corrected chi connectivity index (χ0v) is 12.0. The average Bonchev–Trinajstić information content (AvgIpc) is 2.94. The lowest BCUT2D eigenvalue weighted by Crippen LogP contribution is -2.44. The minimum Gasteiger partial charge on any atom is -0.497 e. The maximum Gasteiger partial charge on any atom is 0.227 e. The highest BCUT2D eigenvalue weighted by Gasteiger charge is 2.34. The van der Waals surface area contributed by atoms with Gasteiger partial charge in [-0.3, -0.25) is 4.79 Å². The number of nitrogens with one attached hydrogen (secondary N) is 1. The van der Waals surface area contributed by atoms with Gasteiger partial charge < -0.3 is 15.0 Å². The standard InChI is InChI=1S/C16H22N2O2/c1-20-15-4-2-3-12(7-15)8-16(19)18-6-5-13-9-17-10-14(13)11-18/h2-4,7,13-14,17H,5-6,8-11H2,1H3/t13-,14-/m1/s1. The largest absolute Gasteiger partial charge is 0.497 e. The van der Waals surface area contributed by atoms with Crippen molar-refractivity contribution in [1.82, 2.24) is 10.2 Å². The summed E-state index contributed by atoms with van der Waals surface area (Å²) < 4.78 is 5.21. The monoisotopic (exact) mass is 274 g/mol. The van der Waals surface area contributed by atoms with Crippen molar-refractivity contribution >= 4 is 5.91 Å². The van der Waals surface area contributed by atoms with Crippen LogP contribution in [0.15, 0.2) is 24.3 Å². The van der Waals surface area contributed by atoms with Gasteiger partial charge in [0, 0.05) is 13.1 Å². The second-order valence-electron chi connectivity index (χ2n) is 5.84. The van der Waals surface area contributed by atoms with Gasteiger partial charge in [-0.25, -0.2) is 0 Å². The number of piperidine rings is 1. The van der Waals surface area contributed by atoms with Gasteiger partial charge in [-0.05, 0) is 49.0 Å². The molecule has 2 atom stereocenters. The van der Waals surface area contributed by atoms with Gasteiger partial charge in [-0.2, -0.15) is 0 Å². The fraction of sp³-hybridized carbons (Fsp3) is 0.562. The number of hydrogen-bond acceptors (Lipinski definition) is 3. The van der Waals surface area contributed by atoms with Gasteiger partial charge in [0.1, 0.15) is 5.75 Å². The van der Waals surface area contributed by atoms with Crippen LogP contribution in [0.4, 0.5) is 0 Å². The van der Waals surface area contributed by atoms with E-state index in [2.05, 4.69) is 5.32 Å². The van der Waals surface area contributed by atoms with Crippen molar-refractivity contribution in [2.45, 2.75) is 12.8 Å². The predicted octanol–water partition coefficient (Wildman–Crippen LogP) is 1.31. The first-order valence-corrected chi connectivity index (χ1v) is 7.37. The maximum atomic E-state index is 12.4. The van der Waals surface area contributed by atoms with Crippen LogP contribution >= 0.6 is 0 Å². The lowest BCUT2D eigenvalue weighted by atomic mass is 9.88. The summed E-state index contributed by atoms with van der Waals surface area (Å²) in [5, 5.41) is 3.43. The number of carbonyl (C=O) groups is 1. The number of benzene rings is 1. The van der Waals surface area contributed by atoms with E-state index < -0.39 is 0 Å². The molecular weight excluding hydrogens is 252 g/mol. The molecule has 0 bridgehead atoms. The minimum absolute atomic E-state index is 0.239. The SMILES string of the molecule is COc1cccc(CC(=O)N2CC[C@@H]3CNC[C@@H]3C2)c1. The first kappa shape index (κ1) is 13.4. The van der Waals surface area contributed by atoms with Crippen LogP contribution in [0.1, 0.15) is 12.0 Å². The molecule has 0 radical (unpaired) electrons. The van der Waals surface area contributed by atoms with E-state index >= 15 is 0 Å². The van der Waals surface area contributed by atoms with Crippen LogP contribution in [0.3, 0.4) is 0 Å². The Hall–Kier alpha value is -1.55. The molecule has 1 N–H and O–H groups in total. The summed E-state index contributed by atoms with van der Waals surface area (Å²) in [6, 6.07) is 7.78. The molecular formula is C16H22N2O2. The lowest BCUT2D eigenvalue weighted by Gasteiger charge is -2.34. The zero-order chi connectivity index (χ0) is 13.9. The molecule has 4 heteroatoms. The Bertz CT molecular complexity index is 489. The van der Waals surface area contributed by atoms with E-state index in [9.17, 15) is 4.79 Å². The summed E-state index contributed by atoms with van der Waals surface area (Å²) in [5.74, 6) is 2.48. The fourth-order valence-electron chi connectivity index (χ4n) is 3.33. The molecule has 0 unspecified atom stereocenters. The van der Waals surface area contributed by atoms with Gasteiger partial charge in [0.15, 0.2) is 0 Å². The zero-order valence-electron chi connectivity index (χ0n) is 12.0. The first-order chi connectivity index (χ1) is 9.76. The molecule has 0 spiro atoms. The Balaban J connectivity index is 1.61. The maximum absolute atomic E-state index is 12.4. The van der Waals surface area contributed by atoms with Gasteiger partial charge in [-0.1, -0.05) is 12.1 Å². The van der Waals surface area contributed by atoms with Crippen LogP contribution in [0.5, 0.6) is 5.75 Å². The summed E-state index contributed by atoms with van der Waals surface area (Å²) in [6.07, 6.45) is 1.61. The minimum atomic E-state index is 0.239. The lowest BCUT2D eigenvalue weighted by molar-refractivity contribution is -0.132. The smallest absolute Gasteiger partial charge is 0.227 e. The molecule has 0 aromatic heterocycles. The number of rotatable bonds is 3. The molecule has 2 fully saturated rings. The fourth-order valence-corrected chi connectivity index (χ4v) is 3.33. The van der Waals surface area contributed by atoms with Gasteiger partial charge in [0.2, 0.25) is 5.91 Å². The second-order valence-corrected chi connectivity index (χ2v) is 5.84. The van der Waals surface area contributed by atoms with Gasteiger partial charge >= 0.3 is 0 Å². The molecule has 2 saturated heterocycles. The number of nitrogens with zero attached hydrogens (tertiary/aromatic N) is 1. The van der Waals surface area contributed by atoms with Crippen molar-refractivity contribution in [3.63, 3.8) is 0 Å². The average molecular weight is 274 g/mol. The van der Waals surface area contributed by atoms with Crippen molar-refractivity contribution in [1.29, 1.82) is 0 Å². The second kappa shape index (κ2) is 5.83. The molecule has 2 aliphatic heterocycles. The normalized spacial score (nSPS) is 25.4. The van der Waals surface area contributed by atoms with Crippen LogP contribution in [-0.2, 0) is 11.2 Å². The van der Waals surface area contributed by atoms with E-state index in [1.165, 1.54) is 0 Å². The molecule has 3 rings (SSSR count). The number of likely N-dealkylation sites (tertiary alicyclic amines) is 1. The molecule has 20 heavy (non-hydrogen) atoms. The molecule has 1 aromatic carbocycles. The number of amides is 1. The van der Waals surface area contributed by atoms with Crippen molar-refractivity contribution in [3.8, 4) is 5.75 Å². The van der Waals surface area contributed by atoms with Crippen LogP contribution in [0.2, 0.25) is 0 Å². The predicted molar refractivity (Wildman–Crippen MR) is 77.7 cm³/mol. The van der Waals surface area contributed by atoms with E-state index in [-0.39, 0.29) is 5.91 Å². The Morgan fingerprint density at radius 3 is 3.10 bits per heavy atom. The molecule has 4 nitrogen and oxygen atoms in total. The topological polar surface area (TPSA) is 41.6 Å². The Labute approximate surface area is 120 Å². The van der Waals surface area contributed by atoms with Gasteiger partial charge in [-0.15, -0.1) is 0 Å². The molecule has 0 aliphatic carbocycles. The van der Waals surface area contributed by atoms with Crippen molar-refractivity contribution in [2.75, 3.05) is 33.3 Å². The molecule has 1 aromatic rings. The molecule has 2 aliphatic rings. The summed E-state index contributed by atoms with van der Waals surface area (Å²) in [5.41, 5.74) is 1.03. The van der Waals surface area contributed by atoms with Gasteiger partial charge in [0.05, 0.1) is 13.5 Å². The summed E-state index contributed by atoms with van der Waals surface area (Å²) >= 11 is 0. The van der Waals surface area contributed by atoms with Gasteiger partial charge in [0.25, 0.3) is 0 Å². The number of fused-ring (bicyclic) bond motifs is 1.